The van der Waals surface area contributed by atoms with Gasteiger partial charge in [-0.15, -0.1) is 0 Å². The van der Waals surface area contributed by atoms with Gasteiger partial charge in [0.1, 0.15) is 5.75 Å². The lowest BCUT2D eigenvalue weighted by molar-refractivity contribution is -0.136. The molecule has 1 amide bonds. The minimum absolute atomic E-state index is 0.0826. The molecule has 2 aromatic rings. The van der Waals surface area contributed by atoms with Gasteiger partial charge >= 0.3 is 0 Å². The van der Waals surface area contributed by atoms with Crippen LogP contribution in [0.25, 0.3) is 0 Å². The summed E-state index contributed by atoms with van der Waals surface area (Å²) in [5, 5.41) is 10.7. The van der Waals surface area contributed by atoms with E-state index in [-0.39, 0.29) is 29.7 Å². The Labute approximate surface area is 156 Å². The Balaban J connectivity index is 2.08. The number of amides is 1. The van der Waals surface area contributed by atoms with Gasteiger partial charge in [-0.1, -0.05) is 36.4 Å². The van der Waals surface area contributed by atoms with Crippen LogP contribution in [0.15, 0.2) is 42.5 Å². The van der Waals surface area contributed by atoms with E-state index >= 15 is 0 Å². The maximum Gasteiger partial charge on any atom is 0.231 e. The van der Waals surface area contributed by atoms with Gasteiger partial charge in [0.25, 0.3) is 0 Å². The van der Waals surface area contributed by atoms with Crippen LogP contribution < -0.4 is 0 Å². The number of hydrogen-bond acceptors (Lipinski definition) is 2. The van der Waals surface area contributed by atoms with Crippen LogP contribution in [0.3, 0.4) is 0 Å². The first-order valence-corrected chi connectivity index (χ1v) is 9.58. The predicted octanol–water partition coefficient (Wildman–Crippen LogP) is 4.46. The number of aryl methyl sites for hydroxylation is 2. The molecular weight excluding hydrogens is 322 g/mol. The van der Waals surface area contributed by atoms with Crippen molar-refractivity contribution < 1.29 is 9.90 Å². The molecular formula is C23H29NO2. The lowest BCUT2D eigenvalue weighted by Crippen LogP contribution is -2.45. The molecule has 1 N–H and O–H groups in total. The highest BCUT2D eigenvalue weighted by Crippen LogP contribution is 2.33. The molecule has 0 saturated carbocycles. The van der Waals surface area contributed by atoms with E-state index in [4.69, 9.17) is 0 Å². The van der Waals surface area contributed by atoms with Crippen LogP contribution in [0.5, 0.6) is 5.75 Å². The molecule has 4 aliphatic rings. The number of carbonyl (C=O) groups excluding carboxylic acids is 1. The van der Waals surface area contributed by atoms with E-state index in [0.717, 1.165) is 29.5 Å². The second-order valence-electron chi connectivity index (χ2n) is 7.90. The first kappa shape index (κ1) is 18.5. The highest BCUT2D eigenvalue weighted by Gasteiger charge is 2.31. The second-order valence-corrected chi connectivity index (χ2v) is 7.90. The fourth-order valence-corrected chi connectivity index (χ4v) is 4.02. The van der Waals surface area contributed by atoms with Crippen LogP contribution in [0.1, 0.15) is 55.9 Å². The number of benzene rings is 2. The third kappa shape index (κ3) is 3.77. The summed E-state index contributed by atoms with van der Waals surface area (Å²) in [6.07, 6.45) is 2.44. The van der Waals surface area contributed by atoms with Crippen molar-refractivity contribution in [3.63, 3.8) is 0 Å². The molecule has 2 aromatic carbocycles. The molecule has 0 radical (unpaired) electrons. The van der Waals surface area contributed by atoms with Gasteiger partial charge in [-0.3, -0.25) is 4.79 Å². The molecule has 0 spiro atoms. The minimum atomic E-state index is -0.376. The van der Waals surface area contributed by atoms with E-state index in [1.165, 1.54) is 5.56 Å². The molecule has 0 fully saturated rings. The number of phenols is 1. The Morgan fingerprint density at radius 3 is 2.04 bits per heavy atom. The molecule has 3 heteroatoms. The highest BCUT2D eigenvalue weighted by molar-refractivity contribution is 5.85. The monoisotopic (exact) mass is 351 g/mol. The Morgan fingerprint density at radius 1 is 0.923 bits per heavy atom. The van der Waals surface area contributed by atoms with Gasteiger partial charge < -0.3 is 10.0 Å². The van der Waals surface area contributed by atoms with Gasteiger partial charge in [-0.05, 0) is 69.7 Å². The van der Waals surface area contributed by atoms with Gasteiger partial charge in [-0.25, -0.2) is 0 Å². The molecule has 6 rings (SSSR count). The topological polar surface area (TPSA) is 40.5 Å². The molecule has 0 aromatic heterocycles. The zero-order valence-electron chi connectivity index (χ0n) is 16.2. The molecule has 0 heterocycles. The fraction of sp³-hybridized carbons (Fsp3) is 0.435. The quantitative estimate of drug-likeness (QED) is 0.887. The van der Waals surface area contributed by atoms with Crippen molar-refractivity contribution in [2.45, 2.75) is 65.0 Å². The lowest BCUT2D eigenvalue weighted by atomic mass is 9.87. The summed E-state index contributed by atoms with van der Waals surface area (Å²) in [4.78, 5) is 15.4. The van der Waals surface area contributed by atoms with Crippen molar-refractivity contribution in [2.24, 2.45) is 0 Å². The normalized spacial score (nSPS) is 16.6. The molecule has 0 saturated heterocycles. The van der Waals surface area contributed by atoms with Crippen molar-refractivity contribution in [3.8, 4) is 5.75 Å². The zero-order chi connectivity index (χ0) is 18.8. The third-order valence-corrected chi connectivity index (χ3v) is 5.30. The van der Waals surface area contributed by atoms with Gasteiger partial charge in [0.15, 0.2) is 0 Å². The first-order valence-electron chi connectivity index (χ1n) is 9.58. The van der Waals surface area contributed by atoms with Crippen molar-refractivity contribution >= 4 is 5.91 Å². The van der Waals surface area contributed by atoms with Crippen molar-refractivity contribution in [3.05, 3.63) is 64.7 Å². The van der Waals surface area contributed by atoms with Crippen molar-refractivity contribution in [2.75, 3.05) is 0 Å². The minimum Gasteiger partial charge on any atom is -0.508 e. The van der Waals surface area contributed by atoms with Gasteiger partial charge in [0.05, 0.1) is 5.92 Å². The molecule has 1 atom stereocenters. The van der Waals surface area contributed by atoms with Gasteiger partial charge in [0.2, 0.25) is 5.91 Å². The third-order valence-electron chi connectivity index (χ3n) is 5.30. The number of nitrogens with zero attached hydrogens (tertiary/aromatic N) is 1. The summed E-state index contributed by atoms with van der Waals surface area (Å²) < 4.78 is 0. The molecule has 4 bridgehead atoms. The Hall–Kier alpha value is -2.29. The van der Waals surface area contributed by atoms with Crippen LogP contribution in [0, 0.1) is 0 Å². The number of aromatic hydroxyl groups is 1. The molecule has 138 valence electrons. The second kappa shape index (κ2) is 7.53. The molecule has 4 aliphatic carbocycles. The van der Waals surface area contributed by atoms with Crippen LogP contribution in [-0.4, -0.2) is 28.0 Å². The van der Waals surface area contributed by atoms with Crippen molar-refractivity contribution in [1.29, 1.82) is 0 Å². The Morgan fingerprint density at radius 2 is 1.46 bits per heavy atom. The summed E-state index contributed by atoms with van der Waals surface area (Å²) >= 11 is 0. The summed E-state index contributed by atoms with van der Waals surface area (Å²) in [6, 6.07) is 14.6. The molecule has 0 unspecified atom stereocenters. The standard InChI is InChI=1S/C23H29NO2/c1-15(2)24(16(3)4)23(26)21-13-18-8-5-17(6-9-18)7-10-19-11-12-20(21)22(25)14-19/h5-6,8-9,11-12,14-16,21,25H,7,10,13H2,1-4H3/t21-/m1/s1. The van der Waals surface area contributed by atoms with E-state index in [1.807, 2.05) is 44.7 Å². The number of hydrogen-bond donors (Lipinski definition) is 1. The number of carbonyl (C=O) groups is 1. The zero-order valence-corrected chi connectivity index (χ0v) is 16.2. The summed E-state index contributed by atoms with van der Waals surface area (Å²) in [6.45, 7) is 8.19. The Bertz CT molecular complexity index is 769. The van der Waals surface area contributed by atoms with E-state index in [2.05, 4.69) is 30.3 Å². The summed E-state index contributed by atoms with van der Waals surface area (Å²) in [5.41, 5.74) is 4.25. The van der Waals surface area contributed by atoms with Crippen LogP contribution in [-0.2, 0) is 24.1 Å². The van der Waals surface area contributed by atoms with E-state index in [9.17, 15) is 9.90 Å². The van der Waals surface area contributed by atoms with Crippen molar-refractivity contribution in [1.82, 2.24) is 4.90 Å². The summed E-state index contributed by atoms with van der Waals surface area (Å²) in [7, 11) is 0. The lowest BCUT2D eigenvalue weighted by Gasteiger charge is -2.34. The number of rotatable bonds is 3. The number of phenolic OH excluding ortho intramolecular Hbond substituents is 1. The molecule has 26 heavy (non-hydrogen) atoms. The molecule has 3 nitrogen and oxygen atoms in total. The largest absolute Gasteiger partial charge is 0.508 e. The van der Waals surface area contributed by atoms with Crippen LogP contribution in [0.2, 0.25) is 0 Å². The highest BCUT2D eigenvalue weighted by atomic mass is 16.3. The summed E-state index contributed by atoms with van der Waals surface area (Å²) in [5.74, 6) is -0.0540. The first-order chi connectivity index (χ1) is 12.4. The van der Waals surface area contributed by atoms with E-state index in [1.54, 1.807) is 0 Å². The predicted molar refractivity (Wildman–Crippen MR) is 106 cm³/mol. The maximum atomic E-state index is 13.5. The fourth-order valence-electron chi connectivity index (χ4n) is 4.02. The average molecular weight is 351 g/mol. The maximum absolute atomic E-state index is 13.5. The van der Waals surface area contributed by atoms with Crippen LogP contribution >= 0.6 is 0 Å². The average Bonchev–Trinajstić information content (AvgIpc) is 2.57. The van der Waals surface area contributed by atoms with Gasteiger partial charge in [-0.2, -0.15) is 0 Å². The smallest absolute Gasteiger partial charge is 0.231 e. The Kier molecular flexibility index (Phi) is 5.36. The SMILES string of the molecule is CC(C)N(C(=O)[C@@H]1Cc2ccc(cc2)CCc2ccc1c(O)c2)C(C)C. The molecule has 0 aliphatic heterocycles. The van der Waals surface area contributed by atoms with E-state index in [0.29, 0.717) is 6.42 Å². The van der Waals surface area contributed by atoms with Crippen LogP contribution in [0.4, 0.5) is 0 Å². The van der Waals surface area contributed by atoms with Gasteiger partial charge in [0, 0.05) is 17.6 Å². The van der Waals surface area contributed by atoms with E-state index < -0.39 is 0 Å².